The summed E-state index contributed by atoms with van der Waals surface area (Å²) in [7, 11) is 0. The van der Waals surface area contributed by atoms with Gasteiger partial charge in [0.15, 0.2) is 0 Å². The van der Waals surface area contributed by atoms with E-state index in [1.807, 2.05) is 13.0 Å². The van der Waals surface area contributed by atoms with Crippen molar-refractivity contribution < 1.29 is 0 Å². The third-order valence-electron chi connectivity index (χ3n) is 1.40. The minimum Gasteiger partial charge on any atom is -0.360 e. The molecule has 2 heteroatoms. The van der Waals surface area contributed by atoms with Gasteiger partial charge in [-0.25, -0.2) is 0 Å². The maximum Gasteiger partial charge on any atom is 0.0395 e. The van der Waals surface area contributed by atoms with Crippen LogP contribution in [-0.4, -0.2) is 0 Å². The predicted octanol–water partition coefficient (Wildman–Crippen LogP) is 3.70. The number of benzene rings is 1. The SMILES string of the molecule is C=C(C)Nc1cc(C)cc(Br)c1. The van der Waals surface area contributed by atoms with Crippen LogP contribution < -0.4 is 5.32 Å². The van der Waals surface area contributed by atoms with E-state index in [2.05, 4.69) is 46.9 Å². The number of hydrogen-bond acceptors (Lipinski definition) is 1. The predicted molar refractivity (Wildman–Crippen MR) is 57.3 cm³/mol. The van der Waals surface area contributed by atoms with E-state index in [1.165, 1.54) is 5.56 Å². The Morgan fingerprint density at radius 1 is 1.42 bits per heavy atom. The van der Waals surface area contributed by atoms with Gasteiger partial charge in [-0.05, 0) is 37.6 Å². The molecule has 0 aliphatic carbocycles. The summed E-state index contributed by atoms with van der Waals surface area (Å²) < 4.78 is 1.09. The van der Waals surface area contributed by atoms with Gasteiger partial charge in [-0.2, -0.15) is 0 Å². The first-order chi connectivity index (χ1) is 5.58. The van der Waals surface area contributed by atoms with Crippen molar-refractivity contribution in [3.8, 4) is 0 Å². The van der Waals surface area contributed by atoms with Crippen molar-refractivity contribution in [3.05, 3.63) is 40.5 Å². The lowest BCUT2D eigenvalue weighted by Crippen LogP contribution is -1.93. The van der Waals surface area contributed by atoms with Gasteiger partial charge >= 0.3 is 0 Å². The first-order valence-electron chi connectivity index (χ1n) is 3.77. The van der Waals surface area contributed by atoms with E-state index in [1.54, 1.807) is 0 Å². The van der Waals surface area contributed by atoms with E-state index in [-0.39, 0.29) is 0 Å². The van der Waals surface area contributed by atoms with Gasteiger partial charge in [-0.1, -0.05) is 22.5 Å². The van der Waals surface area contributed by atoms with Crippen LogP contribution in [0.4, 0.5) is 5.69 Å². The van der Waals surface area contributed by atoms with E-state index in [4.69, 9.17) is 0 Å². The molecule has 0 aromatic heterocycles. The summed E-state index contributed by atoms with van der Waals surface area (Å²) in [6, 6.07) is 6.19. The smallest absolute Gasteiger partial charge is 0.0395 e. The highest BCUT2D eigenvalue weighted by molar-refractivity contribution is 9.10. The molecule has 0 spiro atoms. The maximum atomic E-state index is 3.78. The molecule has 1 rings (SSSR count). The van der Waals surface area contributed by atoms with Crippen LogP contribution >= 0.6 is 15.9 Å². The van der Waals surface area contributed by atoms with Gasteiger partial charge in [0, 0.05) is 15.9 Å². The fraction of sp³-hybridized carbons (Fsp3) is 0.200. The Bertz CT molecular complexity index is 284. The van der Waals surface area contributed by atoms with Crippen LogP contribution in [0.1, 0.15) is 12.5 Å². The minimum absolute atomic E-state index is 0.951. The van der Waals surface area contributed by atoms with Gasteiger partial charge in [0.2, 0.25) is 0 Å². The molecule has 1 aromatic rings. The number of hydrogen-bond donors (Lipinski definition) is 1. The highest BCUT2D eigenvalue weighted by atomic mass is 79.9. The Hall–Kier alpha value is -0.760. The van der Waals surface area contributed by atoms with E-state index in [0.717, 1.165) is 15.9 Å². The standard InChI is InChI=1S/C10H12BrN/c1-7(2)12-10-5-8(3)4-9(11)6-10/h4-6,12H,1H2,2-3H3. The molecule has 64 valence electrons. The monoisotopic (exact) mass is 225 g/mol. The molecule has 0 heterocycles. The second-order valence-corrected chi connectivity index (χ2v) is 3.84. The van der Waals surface area contributed by atoms with Crippen molar-refractivity contribution >= 4 is 21.6 Å². The van der Waals surface area contributed by atoms with Gasteiger partial charge in [-0.15, -0.1) is 0 Å². The molecular formula is C10H12BrN. The number of rotatable bonds is 2. The summed E-state index contributed by atoms with van der Waals surface area (Å²) in [6.45, 7) is 7.79. The molecule has 0 amide bonds. The first kappa shape index (κ1) is 9.33. The number of halogens is 1. The largest absolute Gasteiger partial charge is 0.360 e. The lowest BCUT2D eigenvalue weighted by molar-refractivity contribution is 1.36. The summed E-state index contributed by atoms with van der Waals surface area (Å²) in [5.74, 6) is 0. The van der Waals surface area contributed by atoms with E-state index in [9.17, 15) is 0 Å². The van der Waals surface area contributed by atoms with E-state index < -0.39 is 0 Å². The Labute approximate surface area is 81.6 Å². The third kappa shape index (κ3) is 2.70. The van der Waals surface area contributed by atoms with Gasteiger partial charge < -0.3 is 5.32 Å². The summed E-state index contributed by atoms with van der Waals surface area (Å²) in [6.07, 6.45) is 0. The summed E-state index contributed by atoms with van der Waals surface area (Å²) in [5.41, 5.74) is 3.26. The first-order valence-corrected chi connectivity index (χ1v) is 4.57. The Kier molecular flexibility index (Phi) is 2.93. The zero-order valence-corrected chi connectivity index (χ0v) is 8.90. The van der Waals surface area contributed by atoms with Crippen molar-refractivity contribution in [2.24, 2.45) is 0 Å². The van der Waals surface area contributed by atoms with Gasteiger partial charge in [-0.3, -0.25) is 0 Å². The summed E-state index contributed by atoms with van der Waals surface area (Å²) >= 11 is 3.43. The van der Waals surface area contributed by atoms with Crippen LogP contribution in [0.5, 0.6) is 0 Å². The average Bonchev–Trinajstić information content (AvgIpc) is 1.81. The fourth-order valence-corrected chi connectivity index (χ4v) is 1.66. The molecule has 1 nitrogen and oxygen atoms in total. The molecule has 0 aliphatic heterocycles. The highest BCUT2D eigenvalue weighted by Gasteiger charge is 1.94. The van der Waals surface area contributed by atoms with Crippen LogP contribution in [0, 0.1) is 6.92 Å². The quantitative estimate of drug-likeness (QED) is 0.810. The minimum atomic E-state index is 0.951. The van der Waals surface area contributed by atoms with Crippen LogP contribution in [0.2, 0.25) is 0 Å². The van der Waals surface area contributed by atoms with E-state index in [0.29, 0.717) is 0 Å². The lowest BCUT2D eigenvalue weighted by atomic mass is 10.2. The van der Waals surface area contributed by atoms with Crippen LogP contribution in [-0.2, 0) is 0 Å². The molecule has 0 aliphatic rings. The molecule has 0 atom stereocenters. The topological polar surface area (TPSA) is 12.0 Å². The van der Waals surface area contributed by atoms with Gasteiger partial charge in [0.05, 0.1) is 0 Å². The zero-order chi connectivity index (χ0) is 9.14. The second kappa shape index (κ2) is 3.76. The third-order valence-corrected chi connectivity index (χ3v) is 1.86. The molecule has 0 unspecified atom stereocenters. The molecule has 0 bridgehead atoms. The Morgan fingerprint density at radius 2 is 2.08 bits per heavy atom. The average molecular weight is 226 g/mol. The normalized spacial score (nSPS) is 9.58. The van der Waals surface area contributed by atoms with Crippen LogP contribution in [0.15, 0.2) is 34.9 Å². The Morgan fingerprint density at radius 3 is 2.58 bits per heavy atom. The maximum absolute atomic E-state index is 3.78. The number of nitrogens with one attached hydrogen (secondary N) is 1. The summed E-state index contributed by atoms with van der Waals surface area (Å²) in [4.78, 5) is 0. The lowest BCUT2D eigenvalue weighted by Gasteiger charge is -2.06. The van der Waals surface area contributed by atoms with Crippen molar-refractivity contribution in [1.29, 1.82) is 0 Å². The number of anilines is 1. The van der Waals surface area contributed by atoms with E-state index >= 15 is 0 Å². The van der Waals surface area contributed by atoms with Gasteiger partial charge in [0.1, 0.15) is 0 Å². The van der Waals surface area contributed by atoms with Crippen LogP contribution in [0.25, 0.3) is 0 Å². The number of allylic oxidation sites excluding steroid dienone is 1. The molecule has 0 radical (unpaired) electrons. The van der Waals surface area contributed by atoms with Crippen molar-refractivity contribution in [2.45, 2.75) is 13.8 Å². The fourth-order valence-electron chi connectivity index (χ4n) is 1.05. The van der Waals surface area contributed by atoms with Crippen molar-refractivity contribution in [1.82, 2.24) is 0 Å². The molecule has 0 saturated heterocycles. The Balaban J connectivity index is 2.93. The van der Waals surface area contributed by atoms with Crippen molar-refractivity contribution in [2.75, 3.05) is 5.32 Å². The summed E-state index contributed by atoms with van der Waals surface area (Å²) in [5, 5.41) is 3.16. The second-order valence-electron chi connectivity index (χ2n) is 2.92. The van der Waals surface area contributed by atoms with Gasteiger partial charge in [0.25, 0.3) is 0 Å². The zero-order valence-electron chi connectivity index (χ0n) is 7.32. The van der Waals surface area contributed by atoms with Crippen molar-refractivity contribution in [3.63, 3.8) is 0 Å². The molecule has 1 N–H and O–H groups in total. The highest BCUT2D eigenvalue weighted by Crippen LogP contribution is 2.19. The molecule has 1 aromatic carbocycles. The molecule has 12 heavy (non-hydrogen) atoms. The molecule has 0 saturated carbocycles. The van der Waals surface area contributed by atoms with Crippen LogP contribution in [0.3, 0.4) is 0 Å². The number of aryl methyl sites for hydroxylation is 1. The molecular weight excluding hydrogens is 214 g/mol. The molecule has 0 fully saturated rings.